The molecule has 17 N–H and O–H groups in total. The van der Waals surface area contributed by atoms with E-state index in [1.165, 1.54) is 4.90 Å². The molecule has 1 aromatic heterocycles. The number of H-pyrrole nitrogens is 1. The molecule has 11 atom stereocenters. The predicted molar refractivity (Wildman–Crippen MR) is 236 cm³/mol. The van der Waals surface area contributed by atoms with Gasteiger partial charge in [0, 0.05) is 55.2 Å². The summed E-state index contributed by atoms with van der Waals surface area (Å²) in [6.45, 7) is 0.329. The maximum Gasteiger partial charge on any atom is 0.242 e. The van der Waals surface area contributed by atoms with Crippen LogP contribution >= 0.6 is 0 Å². The third-order valence-corrected chi connectivity index (χ3v) is 11.9. The van der Waals surface area contributed by atoms with E-state index in [2.05, 4.69) is 42.2 Å². The molecule has 2 fully saturated rings. The van der Waals surface area contributed by atoms with E-state index in [1.54, 1.807) is 37.5 Å². The summed E-state index contributed by atoms with van der Waals surface area (Å²) >= 11 is 0. The number of aromatic nitrogens is 1. The molecule has 2 aromatic carbocycles. The Labute approximate surface area is 367 Å². The van der Waals surface area contributed by atoms with E-state index >= 15 is 4.39 Å². The van der Waals surface area contributed by atoms with Gasteiger partial charge in [-0.3, -0.25) is 35.3 Å². The summed E-state index contributed by atoms with van der Waals surface area (Å²) in [5.41, 5.74) is 13.8. The normalized spacial score (nSPS) is 29.7. The van der Waals surface area contributed by atoms with Gasteiger partial charge in [0.2, 0.25) is 17.7 Å². The SMILES string of the molecule is CN[C@H]1CCC(=O)NCCCC[C@@H]([C@@H](N)O)N[C@@H](O)[C@H](Cc2c[nH]c3ccccc23)NC(=O)[C@H](CCCNC(=N)N)NC(=O)[C@@H](Cc2ccccc2)N[C@@H](O)[C@@H]2C[C@@H](F)CN2[C@H]1O. The number of carbonyl (C=O) groups excluding carboxylic acids is 3. The summed E-state index contributed by atoms with van der Waals surface area (Å²) in [5, 5.41) is 74.5. The van der Waals surface area contributed by atoms with Crippen molar-refractivity contribution >= 4 is 34.6 Å². The highest BCUT2D eigenvalue weighted by molar-refractivity contribution is 5.90. The number of carbonyl (C=O) groups is 3. The molecule has 2 saturated heterocycles. The summed E-state index contributed by atoms with van der Waals surface area (Å²) in [5.74, 6) is -1.83. The largest absolute Gasteiger partial charge is 0.377 e. The van der Waals surface area contributed by atoms with Crippen LogP contribution in [-0.4, -0.2) is 148 Å². The number of likely N-dealkylation sites (N-methyl/N-ethyl adjacent to an activating group) is 1. The van der Waals surface area contributed by atoms with Gasteiger partial charge in [-0.2, -0.15) is 0 Å². The van der Waals surface area contributed by atoms with Gasteiger partial charge in [-0.1, -0.05) is 48.5 Å². The van der Waals surface area contributed by atoms with Crippen LogP contribution < -0.4 is 48.7 Å². The van der Waals surface area contributed by atoms with Crippen LogP contribution in [0.2, 0.25) is 0 Å². The molecule has 0 spiro atoms. The number of hydrogen-bond donors (Lipinski definition) is 15. The van der Waals surface area contributed by atoms with Crippen LogP contribution in [0.4, 0.5) is 4.39 Å². The van der Waals surface area contributed by atoms with Crippen molar-refractivity contribution in [2.24, 2.45) is 11.5 Å². The van der Waals surface area contributed by atoms with Crippen LogP contribution in [0.25, 0.3) is 10.9 Å². The van der Waals surface area contributed by atoms with Crippen LogP contribution in [0.15, 0.2) is 60.8 Å². The van der Waals surface area contributed by atoms with E-state index in [0.717, 1.165) is 22.0 Å². The minimum absolute atomic E-state index is 0.0493. The fourth-order valence-electron chi connectivity index (χ4n) is 8.43. The average molecular weight is 883 g/mol. The van der Waals surface area contributed by atoms with Gasteiger partial charge in [0.15, 0.2) is 5.96 Å². The van der Waals surface area contributed by atoms with E-state index in [1.807, 2.05) is 30.3 Å². The number of benzene rings is 2. The lowest BCUT2D eigenvalue weighted by atomic mass is 10.0. The van der Waals surface area contributed by atoms with E-state index in [4.69, 9.17) is 16.9 Å². The highest BCUT2D eigenvalue weighted by Crippen LogP contribution is 2.27. The molecule has 0 aliphatic carbocycles. The Morgan fingerprint density at radius 2 is 1.68 bits per heavy atom. The standard InChI is InChI=1S/C43H67FN12O7/c1-48-32-16-17-36(57)49-18-8-7-14-30(37(45)58)52-40(61)34(21-26-23-51-29-13-6-5-12-28(26)29)54-38(59)31(15-9-19-50-43(46)47)53-39(60)33(20-25-10-3-2-4-11-25)55-41(62)35-22-27(44)24-56(35)42(32)63/h2-6,10-13,23,27,30-35,37,40-42,48,51-52,55,58,61-63H,7-9,14-22,24,45H2,1H3,(H,49,57)(H,53,60)(H,54,59)(H4,46,47,50)/t27-,30+,31+,32+,33-,34+,35+,37+,40+,41+,42+/m1/s1. The lowest BCUT2D eigenvalue weighted by Crippen LogP contribution is -2.62. The van der Waals surface area contributed by atoms with E-state index in [9.17, 15) is 34.8 Å². The highest BCUT2D eigenvalue weighted by Gasteiger charge is 2.43. The van der Waals surface area contributed by atoms with Crippen molar-refractivity contribution in [3.63, 3.8) is 0 Å². The third-order valence-electron chi connectivity index (χ3n) is 11.9. The molecular weight excluding hydrogens is 816 g/mol. The summed E-state index contributed by atoms with van der Waals surface area (Å²) in [6.07, 6.45) is -3.32. The van der Waals surface area contributed by atoms with E-state index < -0.39 is 79.1 Å². The van der Waals surface area contributed by atoms with Crippen molar-refractivity contribution in [3.8, 4) is 0 Å². The summed E-state index contributed by atoms with van der Waals surface area (Å²) < 4.78 is 15.2. The molecule has 3 heterocycles. The minimum atomic E-state index is -1.52. The number of para-hydroxylation sites is 1. The van der Waals surface area contributed by atoms with E-state index in [-0.39, 0.29) is 69.9 Å². The number of rotatable bonds is 10. The Kier molecular flexibility index (Phi) is 19.0. The fourth-order valence-corrected chi connectivity index (χ4v) is 8.43. The van der Waals surface area contributed by atoms with Crippen molar-refractivity contribution in [3.05, 3.63) is 71.9 Å². The molecule has 2 aliphatic heterocycles. The van der Waals surface area contributed by atoms with Crippen molar-refractivity contribution < 1.29 is 39.2 Å². The van der Waals surface area contributed by atoms with Gasteiger partial charge in [-0.05, 0) is 82.0 Å². The summed E-state index contributed by atoms with van der Waals surface area (Å²) in [4.78, 5) is 46.5. The van der Waals surface area contributed by atoms with E-state index in [0.29, 0.717) is 25.8 Å². The number of nitrogens with zero attached hydrogens (tertiary/aromatic N) is 1. The van der Waals surface area contributed by atoms with Gasteiger partial charge in [-0.25, -0.2) is 4.39 Å². The summed E-state index contributed by atoms with van der Waals surface area (Å²) in [6, 6.07) is 10.7. The number of aliphatic hydroxyl groups is 4. The minimum Gasteiger partial charge on any atom is -0.377 e. The molecule has 2 aliphatic rings. The number of nitrogens with one attached hydrogen (secondary N) is 9. The monoisotopic (exact) mass is 883 g/mol. The second kappa shape index (κ2) is 24.3. The Balaban J connectivity index is 1.49. The number of halogens is 1. The van der Waals surface area contributed by atoms with Crippen LogP contribution in [0, 0.1) is 5.41 Å². The Bertz CT molecular complexity index is 1910. The fraction of sp³-hybridized carbons (Fsp3) is 0.581. The number of aliphatic hydroxyl groups excluding tert-OH is 4. The zero-order valence-electron chi connectivity index (χ0n) is 35.8. The highest BCUT2D eigenvalue weighted by atomic mass is 19.1. The topological polar surface area (TPSA) is 311 Å². The first kappa shape index (κ1) is 49.2. The molecule has 5 rings (SSSR count). The molecule has 3 aromatic rings. The number of fused-ring (bicyclic) bond motifs is 2. The van der Waals surface area contributed by atoms with Crippen LogP contribution in [0.5, 0.6) is 0 Å². The van der Waals surface area contributed by atoms with Crippen molar-refractivity contribution in [2.75, 3.05) is 26.7 Å². The van der Waals surface area contributed by atoms with Crippen LogP contribution in [0.3, 0.4) is 0 Å². The van der Waals surface area contributed by atoms with Crippen LogP contribution in [-0.2, 0) is 27.2 Å². The molecule has 0 radical (unpaired) electrons. The van der Waals surface area contributed by atoms with Gasteiger partial charge in [0.05, 0.1) is 18.1 Å². The first-order valence-electron chi connectivity index (χ1n) is 21.8. The van der Waals surface area contributed by atoms with Gasteiger partial charge >= 0.3 is 0 Å². The first-order chi connectivity index (χ1) is 30.2. The third kappa shape index (κ3) is 14.6. The number of amides is 3. The molecule has 0 bridgehead atoms. The average Bonchev–Trinajstić information content (AvgIpc) is 3.86. The smallest absolute Gasteiger partial charge is 0.242 e. The number of hydrogen-bond acceptors (Lipinski definition) is 13. The van der Waals surface area contributed by atoms with Gasteiger partial charge in [0.1, 0.15) is 37.1 Å². The molecule has 0 saturated carbocycles. The number of aromatic amines is 1. The zero-order chi connectivity index (χ0) is 45.5. The Morgan fingerprint density at radius 3 is 2.41 bits per heavy atom. The maximum atomic E-state index is 15.2. The Morgan fingerprint density at radius 1 is 0.952 bits per heavy atom. The van der Waals surface area contributed by atoms with Crippen LogP contribution in [0.1, 0.15) is 62.5 Å². The number of nitrogens with two attached hydrogens (primary N) is 2. The second-order valence-corrected chi connectivity index (χ2v) is 16.6. The second-order valence-electron chi connectivity index (χ2n) is 16.6. The quantitative estimate of drug-likeness (QED) is 0.0473. The van der Waals surface area contributed by atoms with Gasteiger partial charge in [0.25, 0.3) is 0 Å². The number of alkyl halides is 1. The molecule has 63 heavy (non-hydrogen) atoms. The van der Waals surface area contributed by atoms with Crippen molar-refractivity contribution in [2.45, 2.75) is 132 Å². The van der Waals surface area contributed by atoms with Crippen molar-refractivity contribution in [1.29, 1.82) is 5.41 Å². The molecule has 20 heteroatoms. The molecule has 348 valence electrons. The lowest BCUT2D eigenvalue weighted by Gasteiger charge is -2.37. The zero-order valence-corrected chi connectivity index (χ0v) is 35.8. The first-order valence-corrected chi connectivity index (χ1v) is 21.8. The number of guanidine groups is 1. The molecule has 19 nitrogen and oxygen atoms in total. The Hall–Kier alpha value is -4.77. The van der Waals surface area contributed by atoms with Crippen molar-refractivity contribution in [1.82, 2.24) is 47.1 Å². The maximum absolute atomic E-state index is 15.2. The predicted octanol–water partition coefficient (Wildman–Crippen LogP) is -1.58. The molecule has 3 amide bonds. The molecular formula is C43H67FN12O7. The molecule has 0 unspecified atom stereocenters. The van der Waals surface area contributed by atoms with Gasteiger partial charge in [-0.15, -0.1) is 0 Å². The summed E-state index contributed by atoms with van der Waals surface area (Å²) in [7, 11) is 1.62. The lowest BCUT2D eigenvalue weighted by molar-refractivity contribution is -0.132. The van der Waals surface area contributed by atoms with Gasteiger partial charge < -0.3 is 63.5 Å².